The van der Waals surface area contributed by atoms with Gasteiger partial charge in [0.15, 0.2) is 0 Å². The third kappa shape index (κ3) is 5.46. The van der Waals surface area contributed by atoms with Gasteiger partial charge in [-0.2, -0.15) is 0 Å². The normalized spacial score (nSPS) is 21.0. The van der Waals surface area contributed by atoms with Crippen LogP contribution < -0.4 is 15.8 Å². The molecule has 130 valence electrons. The maximum absolute atomic E-state index is 12.1. The van der Waals surface area contributed by atoms with Gasteiger partial charge in [-0.25, -0.2) is 13.1 Å². The van der Waals surface area contributed by atoms with Crippen LogP contribution in [-0.4, -0.2) is 26.4 Å². The SMILES string of the molecule is CC(C)NS(=O)(=O)c1ccc(NC(=O)C2CCC(N)C2)cc1.Cl. The van der Waals surface area contributed by atoms with Gasteiger partial charge < -0.3 is 11.1 Å². The Labute approximate surface area is 143 Å². The van der Waals surface area contributed by atoms with Crippen LogP contribution in [0.4, 0.5) is 5.69 Å². The summed E-state index contributed by atoms with van der Waals surface area (Å²) < 4.78 is 26.5. The van der Waals surface area contributed by atoms with Gasteiger partial charge in [0, 0.05) is 23.7 Å². The van der Waals surface area contributed by atoms with Crippen LogP contribution in [0.25, 0.3) is 0 Å². The molecule has 1 aromatic rings. The van der Waals surface area contributed by atoms with E-state index in [1.54, 1.807) is 26.0 Å². The van der Waals surface area contributed by atoms with Crippen molar-refractivity contribution in [2.24, 2.45) is 11.7 Å². The van der Waals surface area contributed by atoms with E-state index in [1.807, 2.05) is 0 Å². The smallest absolute Gasteiger partial charge is 0.240 e. The molecule has 1 amide bonds. The summed E-state index contributed by atoms with van der Waals surface area (Å²) in [5, 5.41) is 2.81. The van der Waals surface area contributed by atoms with Crippen LogP contribution in [0.5, 0.6) is 0 Å². The van der Waals surface area contributed by atoms with Crippen molar-refractivity contribution in [1.29, 1.82) is 0 Å². The van der Waals surface area contributed by atoms with E-state index in [4.69, 9.17) is 5.73 Å². The van der Waals surface area contributed by atoms with Crippen molar-refractivity contribution in [2.75, 3.05) is 5.32 Å². The molecule has 1 fully saturated rings. The minimum absolute atomic E-state index is 0. The number of nitrogens with two attached hydrogens (primary N) is 1. The molecule has 4 N–H and O–H groups in total. The maximum atomic E-state index is 12.1. The number of amides is 1. The molecule has 0 spiro atoms. The van der Waals surface area contributed by atoms with E-state index in [0.717, 1.165) is 12.8 Å². The van der Waals surface area contributed by atoms with Crippen LogP contribution in [-0.2, 0) is 14.8 Å². The molecule has 0 radical (unpaired) electrons. The zero-order chi connectivity index (χ0) is 16.3. The fourth-order valence-corrected chi connectivity index (χ4v) is 3.85. The lowest BCUT2D eigenvalue weighted by molar-refractivity contribution is -0.119. The van der Waals surface area contributed by atoms with E-state index < -0.39 is 10.0 Å². The topological polar surface area (TPSA) is 101 Å². The summed E-state index contributed by atoms with van der Waals surface area (Å²) in [6.07, 6.45) is 2.38. The third-order valence-corrected chi connectivity index (χ3v) is 5.34. The van der Waals surface area contributed by atoms with Crippen LogP contribution in [0.15, 0.2) is 29.2 Å². The van der Waals surface area contributed by atoms with Crippen LogP contribution in [0, 0.1) is 5.92 Å². The van der Waals surface area contributed by atoms with E-state index in [1.165, 1.54) is 12.1 Å². The molecule has 1 aliphatic carbocycles. The molecule has 2 atom stereocenters. The van der Waals surface area contributed by atoms with Gasteiger partial charge in [-0.15, -0.1) is 12.4 Å². The summed E-state index contributed by atoms with van der Waals surface area (Å²) in [5.74, 6) is -0.107. The highest BCUT2D eigenvalue weighted by molar-refractivity contribution is 7.89. The Balaban J connectivity index is 0.00000264. The number of carbonyl (C=O) groups excluding carboxylic acids is 1. The largest absolute Gasteiger partial charge is 0.328 e. The van der Waals surface area contributed by atoms with E-state index >= 15 is 0 Å². The Morgan fingerprint density at radius 2 is 1.83 bits per heavy atom. The first-order valence-electron chi connectivity index (χ1n) is 7.47. The molecular weight excluding hydrogens is 338 g/mol. The predicted octanol–water partition coefficient (Wildman–Crippen LogP) is 1.86. The van der Waals surface area contributed by atoms with Crippen molar-refractivity contribution >= 4 is 34.0 Å². The van der Waals surface area contributed by atoms with E-state index in [2.05, 4.69) is 10.0 Å². The number of nitrogens with one attached hydrogen (secondary N) is 2. The fraction of sp³-hybridized carbons (Fsp3) is 0.533. The first-order chi connectivity index (χ1) is 10.3. The van der Waals surface area contributed by atoms with Crippen LogP contribution in [0.2, 0.25) is 0 Å². The molecule has 0 aliphatic heterocycles. The van der Waals surface area contributed by atoms with Gasteiger partial charge in [-0.05, 0) is 57.4 Å². The van der Waals surface area contributed by atoms with Crippen molar-refractivity contribution in [3.05, 3.63) is 24.3 Å². The summed E-state index contributed by atoms with van der Waals surface area (Å²) in [6, 6.07) is 6.10. The summed E-state index contributed by atoms with van der Waals surface area (Å²) >= 11 is 0. The first-order valence-corrected chi connectivity index (χ1v) is 8.95. The number of hydrogen-bond donors (Lipinski definition) is 3. The number of benzene rings is 1. The molecule has 0 aromatic heterocycles. The average molecular weight is 362 g/mol. The second kappa shape index (κ2) is 8.10. The lowest BCUT2D eigenvalue weighted by atomic mass is 10.1. The molecule has 0 heterocycles. The zero-order valence-electron chi connectivity index (χ0n) is 13.3. The number of sulfonamides is 1. The van der Waals surface area contributed by atoms with Crippen molar-refractivity contribution in [2.45, 2.75) is 50.1 Å². The predicted molar refractivity (Wildman–Crippen MR) is 93.1 cm³/mol. The van der Waals surface area contributed by atoms with Crippen molar-refractivity contribution in [3.63, 3.8) is 0 Å². The number of anilines is 1. The number of rotatable bonds is 5. The van der Waals surface area contributed by atoms with Crippen LogP contribution >= 0.6 is 12.4 Å². The van der Waals surface area contributed by atoms with Gasteiger partial charge in [0.1, 0.15) is 0 Å². The fourth-order valence-electron chi connectivity index (χ4n) is 2.59. The second-order valence-electron chi connectivity index (χ2n) is 6.06. The second-order valence-corrected chi connectivity index (χ2v) is 7.77. The maximum Gasteiger partial charge on any atom is 0.240 e. The highest BCUT2D eigenvalue weighted by Crippen LogP contribution is 2.25. The molecule has 1 saturated carbocycles. The Morgan fingerprint density at radius 1 is 1.22 bits per heavy atom. The summed E-state index contributed by atoms with van der Waals surface area (Å²) in [6.45, 7) is 3.52. The van der Waals surface area contributed by atoms with Gasteiger partial charge in [0.05, 0.1) is 4.90 Å². The van der Waals surface area contributed by atoms with Crippen LogP contribution in [0.3, 0.4) is 0 Å². The van der Waals surface area contributed by atoms with Gasteiger partial charge in [-0.1, -0.05) is 0 Å². The van der Waals surface area contributed by atoms with Gasteiger partial charge in [0.2, 0.25) is 15.9 Å². The Bertz CT molecular complexity index is 632. The van der Waals surface area contributed by atoms with Crippen molar-refractivity contribution < 1.29 is 13.2 Å². The molecule has 0 saturated heterocycles. The molecule has 1 aliphatic rings. The molecule has 2 unspecified atom stereocenters. The van der Waals surface area contributed by atoms with E-state index in [-0.39, 0.29) is 41.2 Å². The molecule has 23 heavy (non-hydrogen) atoms. The lowest BCUT2D eigenvalue weighted by Gasteiger charge is -2.12. The standard InChI is InChI=1S/C15H23N3O3S.ClH/c1-10(2)18-22(20,21)14-7-5-13(6-8-14)17-15(19)11-3-4-12(16)9-11;/h5-8,10-12,18H,3-4,9,16H2,1-2H3,(H,17,19);1H. The number of halogens is 1. The Kier molecular flexibility index (Phi) is 7.01. The average Bonchev–Trinajstić information content (AvgIpc) is 2.85. The third-order valence-electron chi connectivity index (χ3n) is 3.67. The molecule has 2 rings (SSSR count). The van der Waals surface area contributed by atoms with Gasteiger partial charge in [-0.3, -0.25) is 4.79 Å². The summed E-state index contributed by atoms with van der Waals surface area (Å²) in [4.78, 5) is 12.3. The van der Waals surface area contributed by atoms with Gasteiger partial charge in [0.25, 0.3) is 0 Å². The summed E-state index contributed by atoms with van der Waals surface area (Å²) in [5.41, 5.74) is 6.40. The lowest BCUT2D eigenvalue weighted by Crippen LogP contribution is -2.30. The number of hydrogen-bond acceptors (Lipinski definition) is 4. The van der Waals surface area contributed by atoms with E-state index in [9.17, 15) is 13.2 Å². The molecule has 8 heteroatoms. The molecular formula is C15H24ClN3O3S. The van der Waals surface area contributed by atoms with Gasteiger partial charge >= 0.3 is 0 Å². The van der Waals surface area contributed by atoms with Crippen molar-refractivity contribution in [3.8, 4) is 0 Å². The quantitative estimate of drug-likeness (QED) is 0.745. The minimum Gasteiger partial charge on any atom is -0.328 e. The molecule has 0 bridgehead atoms. The van der Waals surface area contributed by atoms with Crippen LogP contribution in [0.1, 0.15) is 33.1 Å². The first kappa shape index (κ1) is 19.9. The Morgan fingerprint density at radius 3 is 2.30 bits per heavy atom. The monoisotopic (exact) mass is 361 g/mol. The number of carbonyl (C=O) groups is 1. The highest BCUT2D eigenvalue weighted by atomic mass is 35.5. The molecule has 6 nitrogen and oxygen atoms in total. The molecule has 1 aromatic carbocycles. The zero-order valence-corrected chi connectivity index (χ0v) is 14.9. The highest BCUT2D eigenvalue weighted by Gasteiger charge is 2.27. The van der Waals surface area contributed by atoms with Crippen molar-refractivity contribution in [1.82, 2.24) is 4.72 Å². The summed E-state index contributed by atoms with van der Waals surface area (Å²) in [7, 11) is -3.51. The van der Waals surface area contributed by atoms with E-state index in [0.29, 0.717) is 12.1 Å². The minimum atomic E-state index is -3.51. The Hall–Kier alpha value is -1.15.